The smallest absolute Gasteiger partial charge is 0.119 e. The number of hydrogen-bond donors (Lipinski definition) is 0. The predicted octanol–water partition coefficient (Wildman–Crippen LogP) is 3.72. The van der Waals surface area contributed by atoms with Crippen LogP contribution in [0.5, 0.6) is 5.75 Å². The number of halogens is 1. The van der Waals surface area contributed by atoms with Crippen LogP contribution in [0.25, 0.3) is 0 Å². The van der Waals surface area contributed by atoms with Gasteiger partial charge in [0.25, 0.3) is 0 Å². The number of ether oxygens (including phenoxy) is 1. The van der Waals surface area contributed by atoms with Gasteiger partial charge in [-0.2, -0.15) is 11.8 Å². The Morgan fingerprint density at radius 3 is 2.43 bits per heavy atom. The van der Waals surface area contributed by atoms with Gasteiger partial charge >= 0.3 is 0 Å². The standard InChI is InChI=1S/C11H13BrOS/c12-9-1-3-10(4-2-9)13-11-5-7-14-8-6-11/h1-4,11H,5-8H2. The number of benzene rings is 1. The SMILES string of the molecule is Brc1ccc(OC2CCSCC2)cc1. The first-order valence-electron chi connectivity index (χ1n) is 4.84. The van der Waals surface area contributed by atoms with E-state index >= 15 is 0 Å². The van der Waals surface area contributed by atoms with Crippen LogP contribution in [-0.4, -0.2) is 17.6 Å². The van der Waals surface area contributed by atoms with Crippen LogP contribution in [0.1, 0.15) is 12.8 Å². The largest absolute Gasteiger partial charge is 0.490 e. The van der Waals surface area contributed by atoms with Crippen molar-refractivity contribution in [3.63, 3.8) is 0 Å². The summed E-state index contributed by atoms with van der Waals surface area (Å²) < 4.78 is 6.98. The third-order valence-corrected chi connectivity index (χ3v) is 3.86. The van der Waals surface area contributed by atoms with Crippen LogP contribution in [0.15, 0.2) is 28.7 Å². The molecule has 0 bridgehead atoms. The minimum atomic E-state index is 0.428. The van der Waals surface area contributed by atoms with E-state index in [1.165, 1.54) is 24.3 Å². The van der Waals surface area contributed by atoms with Crippen LogP contribution >= 0.6 is 27.7 Å². The normalized spacial score (nSPS) is 18.1. The Hall–Kier alpha value is -0.150. The van der Waals surface area contributed by atoms with Gasteiger partial charge in [0.1, 0.15) is 11.9 Å². The van der Waals surface area contributed by atoms with Crippen molar-refractivity contribution >= 4 is 27.7 Å². The van der Waals surface area contributed by atoms with Gasteiger partial charge in [-0.3, -0.25) is 0 Å². The molecule has 0 spiro atoms. The number of hydrogen-bond acceptors (Lipinski definition) is 2. The van der Waals surface area contributed by atoms with Crippen molar-refractivity contribution in [1.29, 1.82) is 0 Å². The fourth-order valence-corrected chi connectivity index (χ4v) is 2.83. The van der Waals surface area contributed by atoms with Crippen LogP contribution in [-0.2, 0) is 0 Å². The van der Waals surface area contributed by atoms with Crippen LogP contribution in [0.4, 0.5) is 0 Å². The summed E-state index contributed by atoms with van der Waals surface area (Å²) in [6, 6.07) is 8.08. The van der Waals surface area contributed by atoms with Crippen molar-refractivity contribution in [2.24, 2.45) is 0 Å². The van der Waals surface area contributed by atoms with E-state index in [1.54, 1.807) is 0 Å². The highest BCUT2D eigenvalue weighted by Gasteiger charge is 2.14. The van der Waals surface area contributed by atoms with Crippen molar-refractivity contribution in [1.82, 2.24) is 0 Å². The summed E-state index contributed by atoms with van der Waals surface area (Å²) in [5.41, 5.74) is 0. The summed E-state index contributed by atoms with van der Waals surface area (Å²) in [5.74, 6) is 3.47. The Balaban J connectivity index is 1.92. The zero-order chi connectivity index (χ0) is 9.80. The second-order valence-electron chi connectivity index (χ2n) is 3.38. The minimum Gasteiger partial charge on any atom is -0.490 e. The monoisotopic (exact) mass is 272 g/mol. The fraction of sp³-hybridized carbons (Fsp3) is 0.455. The first kappa shape index (κ1) is 10.4. The van der Waals surface area contributed by atoms with Crippen LogP contribution < -0.4 is 4.74 Å². The van der Waals surface area contributed by atoms with E-state index < -0.39 is 0 Å². The molecule has 1 saturated heterocycles. The fourth-order valence-electron chi connectivity index (χ4n) is 1.50. The average Bonchev–Trinajstić information content (AvgIpc) is 2.23. The lowest BCUT2D eigenvalue weighted by Gasteiger charge is -2.22. The zero-order valence-electron chi connectivity index (χ0n) is 7.91. The van der Waals surface area contributed by atoms with Crippen molar-refractivity contribution in [3.8, 4) is 5.75 Å². The Morgan fingerprint density at radius 2 is 1.79 bits per heavy atom. The van der Waals surface area contributed by atoms with Crippen LogP contribution in [0.3, 0.4) is 0 Å². The van der Waals surface area contributed by atoms with E-state index in [-0.39, 0.29) is 0 Å². The van der Waals surface area contributed by atoms with Crippen LogP contribution in [0.2, 0.25) is 0 Å². The van der Waals surface area contributed by atoms with Gasteiger partial charge in [0.15, 0.2) is 0 Å². The van der Waals surface area contributed by atoms with Crippen molar-refractivity contribution in [2.75, 3.05) is 11.5 Å². The second kappa shape index (κ2) is 5.08. The highest BCUT2D eigenvalue weighted by molar-refractivity contribution is 9.10. The lowest BCUT2D eigenvalue weighted by molar-refractivity contribution is 0.192. The van der Waals surface area contributed by atoms with E-state index in [1.807, 2.05) is 36.0 Å². The lowest BCUT2D eigenvalue weighted by Crippen LogP contribution is -2.21. The number of thioether (sulfide) groups is 1. The third-order valence-electron chi connectivity index (χ3n) is 2.28. The maximum Gasteiger partial charge on any atom is 0.119 e. The van der Waals surface area contributed by atoms with Gasteiger partial charge in [-0.05, 0) is 48.6 Å². The van der Waals surface area contributed by atoms with Gasteiger partial charge in [0.05, 0.1) is 0 Å². The molecule has 1 nitrogen and oxygen atoms in total. The maximum atomic E-state index is 5.88. The first-order chi connectivity index (χ1) is 6.84. The molecule has 0 radical (unpaired) electrons. The highest BCUT2D eigenvalue weighted by Crippen LogP contribution is 2.23. The Kier molecular flexibility index (Phi) is 3.76. The average molecular weight is 273 g/mol. The van der Waals surface area contributed by atoms with E-state index in [0.717, 1.165) is 10.2 Å². The molecule has 0 aromatic heterocycles. The summed E-state index contributed by atoms with van der Waals surface area (Å²) in [7, 11) is 0. The molecule has 1 aromatic rings. The van der Waals surface area contributed by atoms with Gasteiger partial charge in [0.2, 0.25) is 0 Å². The van der Waals surface area contributed by atoms with Gasteiger partial charge < -0.3 is 4.74 Å². The van der Waals surface area contributed by atoms with Gasteiger partial charge in [-0.25, -0.2) is 0 Å². The van der Waals surface area contributed by atoms with E-state index in [4.69, 9.17) is 4.74 Å². The molecule has 1 heterocycles. The van der Waals surface area contributed by atoms with E-state index in [0.29, 0.717) is 6.10 Å². The molecule has 0 saturated carbocycles. The second-order valence-corrected chi connectivity index (χ2v) is 5.52. The minimum absolute atomic E-state index is 0.428. The zero-order valence-corrected chi connectivity index (χ0v) is 10.3. The summed E-state index contributed by atoms with van der Waals surface area (Å²) in [5, 5.41) is 0. The molecule has 1 aliphatic heterocycles. The Morgan fingerprint density at radius 1 is 1.14 bits per heavy atom. The van der Waals surface area contributed by atoms with Gasteiger partial charge in [0, 0.05) is 4.47 Å². The van der Waals surface area contributed by atoms with Crippen LogP contribution in [0, 0.1) is 0 Å². The summed E-state index contributed by atoms with van der Waals surface area (Å²) in [4.78, 5) is 0. The molecule has 3 heteroatoms. The molecule has 1 aliphatic rings. The first-order valence-corrected chi connectivity index (χ1v) is 6.79. The topological polar surface area (TPSA) is 9.23 Å². The molecule has 1 fully saturated rings. The Labute approximate surface area is 97.4 Å². The van der Waals surface area contributed by atoms with Crippen molar-refractivity contribution in [3.05, 3.63) is 28.7 Å². The predicted molar refractivity (Wildman–Crippen MR) is 65.1 cm³/mol. The molecule has 2 rings (SSSR count). The quantitative estimate of drug-likeness (QED) is 0.812. The van der Waals surface area contributed by atoms with E-state index in [9.17, 15) is 0 Å². The van der Waals surface area contributed by atoms with Crippen molar-refractivity contribution < 1.29 is 4.74 Å². The Bertz CT molecular complexity index is 280. The molecule has 0 N–H and O–H groups in total. The summed E-state index contributed by atoms with van der Waals surface area (Å²) in [6.45, 7) is 0. The summed E-state index contributed by atoms with van der Waals surface area (Å²) >= 11 is 5.44. The molecular weight excluding hydrogens is 260 g/mol. The summed E-state index contributed by atoms with van der Waals surface area (Å²) in [6.07, 6.45) is 2.79. The number of rotatable bonds is 2. The maximum absolute atomic E-state index is 5.88. The molecular formula is C11H13BrOS. The van der Waals surface area contributed by atoms with Crippen molar-refractivity contribution in [2.45, 2.75) is 18.9 Å². The molecule has 0 unspecified atom stereocenters. The molecule has 0 aliphatic carbocycles. The van der Waals surface area contributed by atoms with E-state index in [2.05, 4.69) is 15.9 Å². The third kappa shape index (κ3) is 2.92. The molecule has 76 valence electrons. The molecule has 0 amide bonds. The molecule has 0 atom stereocenters. The molecule has 1 aromatic carbocycles. The van der Waals surface area contributed by atoms with Gasteiger partial charge in [-0.15, -0.1) is 0 Å². The van der Waals surface area contributed by atoms with Gasteiger partial charge in [-0.1, -0.05) is 15.9 Å². The molecule has 14 heavy (non-hydrogen) atoms. The highest BCUT2D eigenvalue weighted by atomic mass is 79.9. The lowest BCUT2D eigenvalue weighted by atomic mass is 10.2.